The predicted molar refractivity (Wildman–Crippen MR) is 93.5 cm³/mol. The molecule has 106 valence electrons. The first-order valence-electron chi connectivity index (χ1n) is 7.39. The molecule has 0 radical (unpaired) electrons. The summed E-state index contributed by atoms with van der Waals surface area (Å²) in [6.45, 7) is 0. The van der Waals surface area contributed by atoms with Gasteiger partial charge in [0.25, 0.3) is 0 Å². The fraction of sp³-hybridized carbons (Fsp3) is 0. The molecule has 1 heterocycles. The number of benzene rings is 3. The second-order valence-electron chi connectivity index (χ2n) is 5.34. The largest absolute Gasteiger partial charge is 0.356 e. The maximum absolute atomic E-state index is 3.46. The van der Waals surface area contributed by atoms with Gasteiger partial charge >= 0.3 is 0 Å². The van der Waals surface area contributed by atoms with Gasteiger partial charge in [0.15, 0.2) is 0 Å². The van der Waals surface area contributed by atoms with Gasteiger partial charge in [0.2, 0.25) is 0 Å². The lowest BCUT2D eigenvalue weighted by Crippen LogP contribution is -1.89. The van der Waals surface area contributed by atoms with Crippen molar-refractivity contribution in [2.75, 3.05) is 5.32 Å². The third-order valence-corrected chi connectivity index (χ3v) is 3.79. The molecular weight excluding hydrogens is 268 g/mol. The van der Waals surface area contributed by atoms with Gasteiger partial charge in [-0.2, -0.15) is 0 Å². The molecule has 22 heavy (non-hydrogen) atoms. The van der Waals surface area contributed by atoms with E-state index in [-0.39, 0.29) is 0 Å². The third kappa shape index (κ3) is 2.47. The van der Waals surface area contributed by atoms with Gasteiger partial charge in [-0.15, -0.1) is 0 Å². The fourth-order valence-electron chi connectivity index (χ4n) is 2.65. The van der Waals surface area contributed by atoms with Crippen LogP contribution in [0.2, 0.25) is 0 Å². The summed E-state index contributed by atoms with van der Waals surface area (Å²) in [6.07, 6.45) is 0. The molecule has 0 saturated heterocycles. The lowest BCUT2D eigenvalue weighted by molar-refractivity contribution is 1.45. The first-order chi connectivity index (χ1) is 10.9. The first kappa shape index (κ1) is 12.7. The highest BCUT2D eigenvalue weighted by atomic mass is 14.9. The van der Waals surface area contributed by atoms with Crippen LogP contribution in [-0.2, 0) is 0 Å². The summed E-state index contributed by atoms with van der Waals surface area (Å²) in [6, 6.07) is 29.2. The van der Waals surface area contributed by atoms with Crippen LogP contribution in [0.5, 0.6) is 0 Å². The molecule has 0 bridgehead atoms. The van der Waals surface area contributed by atoms with Gasteiger partial charge in [-0.25, -0.2) is 0 Å². The molecular formula is C20H16N2. The van der Waals surface area contributed by atoms with Crippen LogP contribution in [-0.4, -0.2) is 4.98 Å². The number of para-hydroxylation sites is 2. The number of fused-ring (bicyclic) bond motifs is 1. The van der Waals surface area contributed by atoms with E-state index in [1.807, 2.05) is 18.2 Å². The third-order valence-electron chi connectivity index (χ3n) is 3.79. The van der Waals surface area contributed by atoms with Gasteiger partial charge in [0.05, 0.1) is 0 Å². The van der Waals surface area contributed by atoms with E-state index in [9.17, 15) is 0 Å². The molecule has 0 spiro atoms. The number of aromatic nitrogens is 1. The molecule has 4 rings (SSSR count). The predicted octanol–water partition coefficient (Wildman–Crippen LogP) is 5.58. The topological polar surface area (TPSA) is 27.8 Å². The summed E-state index contributed by atoms with van der Waals surface area (Å²) < 4.78 is 0. The molecule has 3 aromatic carbocycles. The Kier molecular flexibility index (Phi) is 3.13. The van der Waals surface area contributed by atoms with Crippen LogP contribution in [0.25, 0.3) is 22.2 Å². The molecule has 0 aliphatic rings. The van der Waals surface area contributed by atoms with Crippen molar-refractivity contribution in [2.24, 2.45) is 0 Å². The summed E-state index contributed by atoms with van der Waals surface area (Å²) in [5, 5.41) is 4.64. The summed E-state index contributed by atoms with van der Waals surface area (Å²) >= 11 is 0. The molecule has 2 nitrogen and oxygen atoms in total. The zero-order valence-electron chi connectivity index (χ0n) is 12.1. The molecule has 0 amide bonds. The lowest BCUT2D eigenvalue weighted by Gasteiger charge is -2.06. The smallest absolute Gasteiger partial charge is 0.0464 e. The van der Waals surface area contributed by atoms with Crippen molar-refractivity contribution in [1.82, 2.24) is 4.98 Å². The average Bonchev–Trinajstić information content (AvgIpc) is 3.00. The van der Waals surface area contributed by atoms with Crippen molar-refractivity contribution < 1.29 is 0 Å². The number of hydrogen-bond acceptors (Lipinski definition) is 1. The summed E-state index contributed by atoms with van der Waals surface area (Å²) in [5.74, 6) is 0. The number of H-pyrrole nitrogens is 1. The van der Waals surface area contributed by atoms with Crippen LogP contribution in [0.15, 0.2) is 84.9 Å². The van der Waals surface area contributed by atoms with Gasteiger partial charge in [0.1, 0.15) is 0 Å². The van der Waals surface area contributed by atoms with E-state index in [0.717, 1.165) is 17.1 Å². The van der Waals surface area contributed by atoms with Gasteiger partial charge in [-0.05, 0) is 42.0 Å². The molecule has 2 heteroatoms. The highest BCUT2D eigenvalue weighted by molar-refractivity contribution is 5.86. The van der Waals surface area contributed by atoms with Crippen molar-refractivity contribution in [2.45, 2.75) is 0 Å². The molecule has 1 aromatic heterocycles. The van der Waals surface area contributed by atoms with Crippen molar-refractivity contribution >= 4 is 22.3 Å². The van der Waals surface area contributed by atoms with Gasteiger partial charge in [-0.1, -0.05) is 48.5 Å². The van der Waals surface area contributed by atoms with Gasteiger partial charge in [-0.3, -0.25) is 0 Å². The van der Waals surface area contributed by atoms with Crippen molar-refractivity contribution in [3.63, 3.8) is 0 Å². The Morgan fingerprint density at radius 1 is 0.636 bits per heavy atom. The zero-order chi connectivity index (χ0) is 14.8. The maximum Gasteiger partial charge on any atom is 0.0464 e. The Morgan fingerprint density at radius 2 is 1.32 bits per heavy atom. The van der Waals surface area contributed by atoms with E-state index in [0.29, 0.717) is 0 Å². The van der Waals surface area contributed by atoms with Crippen LogP contribution in [0.1, 0.15) is 0 Å². The SMILES string of the molecule is c1ccc(Nc2ccc(-c3cc4ccccc4[nH]3)cc2)cc1. The second kappa shape index (κ2) is 5.41. The Bertz CT molecular complexity index is 857. The Hall–Kier alpha value is -3.00. The average molecular weight is 284 g/mol. The highest BCUT2D eigenvalue weighted by Gasteiger charge is 2.03. The van der Waals surface area contributed by atoms with Crippen molar-refractivity contribution in [3.05, 3.63) is 84.9 Å². The van der Waals surface area contributed by atoms with Gasteiger partial charge < -0.3 is 10.3 Å². The normalized spacial score (nSPS) is 10.7. The van der Waals surface area contributed by atoms with E-state index in [1.165, 1.54) is 16.5 Å². The van der Waals surface area contributed by atoms with Crippen molar-refractivity contribution in [1.29, 1.82) is 0 Å². The summed E-state index contributed by atoms with van der Waals surface area (Å²) in [7, 11) is 0. The van der Waals surface area contributed by atoms with Crippen LogP contribution in [0.3, 0.4) is 0 Å². The van der Waals surface area contributed by atoms with E-state index < -0.39 is 0 Å². The lowest BCUT2D eigenvalue weighted by atomic mass is 10.1. The minimum Gasteiger partial charge on any atom is -0.356 e. The number of rotatable bonds is 3. The Labute approximate surface area is 129 Å². The molecule has 0 unspecified atom stereocenters. The molecule has 2 N–H and O–H groups in total. The highest BCUT2D eigenvalue weighted by Crippen LogP contribution is 2.26. The minimum absolute atomic E-state index is 1.09. The zero-order valence-corrected chi connectivity index (χ0v) is 12.1. The van der Waals surface area contributed by atoms with E-state index in [4.69, 9.17) is 0 Å². The molecule has 0 atom stereocenters. The Balaban J connectivity index is 1.61. The first-order valence-corrected chi connectivity index (χ1v) is 7.39. The van der Waals surface area contributed by atoms with Gasteiger partial charge in [0, 0.05) is 28.0 Å². The fourth-order valence-corrected chi connectivity index (χ4v) is 2.65. The van der Waals surface area contributed by atoms with E-state index in [2.05, 4.69) is 77.0 Å². The monoisotopic (exact) mass is 284 g/mol. The van der Waals surface area contributed by atoms with E-state index in [1.54, 1.807) is 0 Å². The standard InChI is InChI=1S/C20H16N2/c1-2-7-17(8-3-1)21-18-12-10-15(11-13-18)20-14-16-6-4-5-9-19(16)22-20/h1-14,21-22H. The number of hydrogen-bond donors (Lipinski definition) is 2. The van der Waals surface area contributed by atoms with Crippen molar-refractivity contribution in [3.8, 4) is 11.3 Å². The quantitative estimate of drug-likeness (QED) is 0.505. The summed E-state index contributed by atoms with van der Waals surface area (Å²) in [4.78, 5) is 3.46. The number of aromatic amines is 1. The Morgan fingerprint density at radius 3 is 2.09 bits per heavy atom. The van der Waals surface area contributed by atoms with E-state index >= 15 is 0 Å². The van der Waals surface area contributed by atoms with Crippen LogP contribution in [0, 0.1) is 0 Å². The van der Waals surface area contributed by atoms with Crippen LogP contribution in [0.4, 0.5) is 11.4 Å². The second-order valence-corrected chi connectivity index (χ2v) is 5.34. The molecule has 4 aromatic rings. The summed E-state index contributed by atoms with van der Waals surface area (Å²) in [5.41, 5.74) is 5.69. The molecule has 0 saturated carbocycles. The number of nitrogens with one attached hydrogen (secondary N) is 2. The molecule has 0 fully saturated rings. The van der Waals surface area contributed by atoms with Crippen LogP contribution < -0.4 is 5.32 Å². The van der Waals surface area contributed by atoms with Crippen LogP contribution >= 0.6 is 0 Å². The molecule has 0 aliphatic carbocycles. The number of anilines is 2. The maximum atomic E-state index is 3.46. The minimum atomic E-state index is 1.09. The molecule has 0 aliphatic heterocycles.